The Labute approximate surface area is 566 Å². The van der Waals surface area contributed by atoms with Crippen LogP contribution < -0.4 is 5.73 Å². The van der Waals surface area contributed by atoms with Gasteiger partial charge in [-0.05, 0) is 111 Å². The van der Waals surface area contributed by atoms with E-state index in [4.69, 9.17) is 36.3 Å². The molecule has 4 N–H and O–H groups in total. The Hall–Kier alpha value is -6.91. The molecule has 2 aromatic rings. The van der Waals surface area contributed by atoms with Gasteiger partial charge in [-0.15, -0.1) is 11.6 Å². The maximum Gasteiger partial charge on any atom is 0.306 e. The maximum absolute atomic E-state index is 17.9. The second kappa shape index (κ2) is 26.4. The first-order valence-electron chi connectivity index (χ1n) is 34.3. The summed E-state index contributed by atoms with van der Waals surface area (Å²) in [5.74, 6) is -5.59. The van der Waals surface area contributed by atoms with E-state index >= 15 is 4.39 Å². The van der Waals surface area contributed by atoms with Crippen molar-refractivity contribution in [3.63, 3.8) is 0 Å². The highest BCUT2D eigenvalue weighted by atomic mass is 35.5. The number of aliphatic imine (C=N–C) groups is 1. The summed E-state index contributed by atoms with van der Waals surface area (Å²) in [5.41, 5.74) is 4.45. The van der Waals surface area contributed by atoms with E-state index in [1.165, 1.54) is 11.9 Å². The number of allylic oxidation sites excluding steroid dienone is 5. The molecule has 6 saturated carbocycles. The number of fused-ring (bicyclic) bond motifs is 12. The van der Waals surface area contributed by atoms with E-state index in [0.29, 0.717) is 62.7 Å². The summed E-state index contributed by atoms with van der Waals surface area (Å²) < 4.78 is 42.3. The Balaban J connectivity index is 0.000000164. The van der Waals surface area contributed by atoms with Gasteiger partial charge in [0.25, 0.3) is 11.8 Å². The van der Waals surface area contributed by atoms with Crippen molar-refractivity contribution < 1.29 is 76.7 Å². The molecule has 3 heterocycles. The molecule has 1 aromatic heterocycles. The Kier molecular flexibility index (Phi) is 19.8. The third kappa shape index (κ3) is 11.0. The van der Waals surface area contributed by atoms with E-state index < -0.39 is 112 Å². The average Bonchev–Trinajstić information content (AvgIpc) is 1.40. The van der Waals surface area contributed by atoms with Crippen molar-refractivity contribution in [2.45, 2.75) is 206 Å². The highest BCUT2D eigenvalue weighted by Gasteiger charge is 2.78. The molecular weight excluding hydrogens is 1260 g/mol. The molecule has 2 aliphatic heterocycles. The molecule has 23 heteroatoms. The minimum atomic E-state index is -1.93. The molecule has 7 fully saturated rings. The number of aliphatic hydroxyl groups excluding tert-OH is 2. The zero-order valence-corrected chi connectivity index (χ0v) is 58.5. The first-order chi connectivity index (χ1) is 45.2. The van der Waals surface area contributed by atoms with Crippen molar-refractivity contribution in [1.29, 1.82) is 0 Å². The van der Waals surface area contributed by atoms with E-state index in [2.05, 4.69) is 29.2 Å². The number of nitrogens with two attached hydrogens (primary N) is 1. The number of esters is 4. The summed E-state index contributed by atoms with van der Waals surface area (Å²) >= 11 is 7.15. The largest absolute Gasteiger partial charge is 0.457 e. The summed E-state index contributed by atoms with van der Waals surface area (Å²) in [7, 11) is 5.09. The number of aryl methyl sites for hydroxylation is 1. The number of rotatable bonds is 13. The van der Waals surface area contributed by atoms with Crippen LogP contribution in [-0.2, 0) is 77.3 Å². The number of aromatic nitrogens is 2. The number of likely N-dealkylation sites (tertiary alicyclic amines) is 1. The molecule has 21 nitrogen and oxygen atoms in total. The molecule has 2 unspecified atom stereocenters. The van der Waals surface area contributed by atoms with E-state index in [9.17, 15) is 53.4 Å². The van der Waals surface area contributed by atoms with Crippen LogP contribution in [0.1, 0.15) is 180 Å². The van der Waals surface area contributed by atoms with Gasteiger partial charge in [-0.3, -0.25) is 57.7 Å². The van der Waals surface area contributed by atoms with Crippen molar-refractivity contribution in [3.8, 4) is 0 Å². The van der Waals surface area contributed by atoms with Crippen LogP contribution in [0.3, 0.4) is 0 Å². The Bertz CT molecular complexity index is 3660. The maximum atomic E-state index is 17.9. The van der Waals surface area contributed by atoms with Gasteiger partial charge in [-0.2, -0.15) is 5.10 Å². The van der Waals surface area contributed by atoms with Gasteiger partial charge >= 0.3 is 23.9 Å². The molecule has 8 aliphatic carbocycles. The van der Waals surface area contributed by atoms with E-state index in [1.807, 2.05) is 53.8 Å². The number of nitrogens with zero attached hydrogens (tertiary/aromatic N) is 5. The normalized spacial score (nSPS) is 37.8. The van der Waals surface area contributed by atoms with Crippen LogP contribution in [-0.4, -0.2) is 156 Å². The van der Waals surface area contributed by atoms with Gasteiger partial charge in [0.05, 0.1) is 29.8 Å². The number of likely N-dealkylation sites (N-methyl/N-ethyl adjacent to an activating group) is 1. The predicted octanol–water partition coefficient (Wildman–Crippen LogP) is 8.94. The highest BCUT2D eigenvalue weighted by Crippen LogP contribution is 2.73. The third-order valence-electron chi connectivity index (χ3n) is 24.9. The number of imide groups is 1. The number of carbonyl (C=O) groups excluding carboxylic acids is 9. The van der Waals surface area contributed by atoms with Gasteiger partial charge in [-0.1, -0.05) is 92.5 Å². The van der Waals surface area contributed by atoms with Crippen LogP contribution in [0.25, 0.3) is 6.08 Å². The summed E-state index contributed by atoms with van der Waals surface area (Å²) in [6.45, 7) is 17.7. The number of piperidine rings is 1. The molecule has 0 bridgehead atoms. The predicted molar refractivity (Wildman–Crippen MR) is 354 cm³/mol. The van der Waals surface area contributed by atoms with Crippen LogP contribution in [0.15, 0.2) is 58.8 Å². The van der Waals surface area contributed by atoms with E-state index in [0.717, 1.165) is 38.6 Å². The van der Waals surface area contributed by atoms with Gasteiger partial charge in [0, 0.05) is 127 Å². The molecule has 0 radical (unpaired) electrons. The highest BCUT2D eigenvalue weighted by molar-refractivity contribution is 6.21. The lowest BCUT2D eigenvalue weighted by Crippen LogP contribution is -2.70. The van der Waals surface area contributed by atoms with Gasteiger partial charge in [0.15, 0.2) is 24.4 Å². The quantitative estimate of drug-likeness (QED) is 0.0554. The molecule has 18 atom stereocenters. The van der Waals surface area contributed by atoms with Crippen molar-refractivity contribution in [1.82, 2.24) is 19.6 Å². The first kappa shape index (κ1) is 71.9. The Morgan fingerprint density at radius 1 is 0.781 bits per heavy atom. The number of ether oxygens (including phenoxy) is 4. The van der Waals surface area contributed by atoms with Crippen molar-refractivity contribution in [2.75, 3.05) is 33.0 Å². The molecule has 10 aliphatic rings. The second-order valence-corrected chi connectivity index (χ2v) is 30.1. The van der Waals surface area contributed by atoms with Crippen LogP contribution in [0, 0.1) is 63.1 Å². The standard InChI is InChI=1S/C30H41FN2O6.C29H40ClNO6.C14H15N3O3/c1-7-25(36)38-16-24(35)30(39-26(37)8-2)17(3)11-21-20-10-9-19-12-22-18(15-32-33(22)6)13-27(19,4)29(20,31)23(34)14-28(21,30)5;1-7-23(34)36-15-22(33)29(37-24(35)8-2)16(3)11-19-25-20(30)13-17-12-18(31-6)9-10-27(17,4)26(25)21(32)14-28(19,29)5;1-16-12(18)6-5-11(14(16)20)17-7-9-8(13(17)19)3-2-4-10(9)15/h12,15,17,20-21,23,34H,7-11,13-14,16H2,1-6H3;9-10,12,16,19-21,25-26,32H,7-8,11,13-15H2,1-6H3;2-4,11H,5-7,15H2,1H3/t17-,20-,21?,23-,27-,28-,29-,30-;16-,19+,20-,21+,25-,26+,27+,28+,29+;/m01./s1. The molecule has 1 saturated heterocycles. The lowest BCUT2D eigenvalue weighted by Gasteiger charge is -2.63. The summed E-state index contributed by atoms with van der Waals surface area (Å²) in [6.07, 6.45) is 12.6. The summed E-state index contributed by atoms with van der Waals surface area (Å²) in [6, 6.07) is 4.62. The molecule has 96 heavy (non-hydrogen) atoms. The van der Waals surface area contributed by atoms with Crippen LogP contribution in [0.2, 0.25) is 0 Å². The van der Waals surface area contributed by atoms with Gasteiger partial charge in [-0.25, -0.2) is 4.39 Å². The van der Waals surface area contributed by atoms with Gasteiger partial charge in [0.1, 0.15) is 11.7 Å². The van der Waals surface area contributed by atoms with Crippen LogP contribution >= 0.6 is 11.6 Å². The number of anilines is 1. The van der Waals surface area contributed by atoms with Gasteiger partial charge < -0.3 is 39.8 Å². The molecular formula is C73H96ClFN6O15. The smallest absolute Gasteiger partial charge is 0.306 e. The molecule has 0 spiro atoms. The second-order valence-electron chi connectivity index (χ2n) is 29.5. The first-order valence-corrected chi connectivity index (χ1v) is 34.7. The SMILES string of the molecule is CCC(=O)OCC(=O)[C@@]1(OC(=O)CC)[C@@H](C)CC2[C@@H]3CCC4=Cc5c(cnn5C)C[C@]4(C)[C@@]3(F)[C@@H](O)C[C@@]21C.CCC(=O)OCC(=O)[C@@]1(OC(=O)CC)[C@H](C)C[C@H]2[C@H]3[C@H]([C@@H](O)C[C@@]21C)[C@@]1(C)C=CC(=NC)C=C1C[C@H]3Cl.CN1C(=O)CCC(N2Cc3c(N)cccc3C2=O)C1=O. The number of Topliss-reactive ketones (excluding diaryl/α,β-unsaturated/α-hetero) is 2. The minimum absolute atomic E-state index is 0.0395. The monoisotopic (exact) mass is 1350 g/mol. The van der Waals surface area contributed by atoms with Crippen molar-refractivity contribution in [2.24, 2.45) is 75.1 Å². The van der Waals surface area contributed by atoms with Crippen molar-refractivity contribution in [3.05, 3.63) is 76.2 Å². The molecule has 12 rings (SSSR count). The molecule has 3 amide bonds. The summed E-state index contributed by atoms with van der Waals surface area (Å²) in [4.78, 5) is 120. The average molecular weight is 1350 g/mol. The number of benzene rings is 1. The zero-order valence-electron chi connectivity index (χ0n) is 57.8. The number of aliphatic hydroxyl groups is 2. The van der Waals surface area contributed by atoms with Crippen LogP contribution in [0.4, 0.5) is 10.1 Å². The Morgan fingerprint density at radius 3 is 1.94 bits per heavy atom. The fourth-order valence-electron chi connectivity index (χ4n) is 20.0. The fraction of sp³-hybridized carbons (Fsp3) is 0.658. The van der Waals surface area contributed by atoms with Crippen LogP contribution in [0.5, 0.6) is 0 Å². The number of hydrogen-bond donors (Lipinski definition) is 3. The number of halogens is 2. The Morgan fingerprint density at radius 2 is 1.36 bits per heavy atom. The summed E-state index contributed by atoms with van der Waals surface area (Å²) in [5, 5.41) is 27.8. The topological polar surface area (TPSA) is 294 Å². The van der Waals surface area contributed by atoms with Crippen molar-refractivity contribution >= 4 is 82.2 Å². The number of amides is 3. The zero-order chi connectivity index (χ0) is 70.3. The number of ketones is 2. The number of carbonyl (C=O) groups is 9. The van der Waals surface area contributed by atoms with E-state index in [1.54, 1.807) is 63.8 Å². The number of alkyl halides is 2. The third-order valence-corrected chi connectivity index (χ3v) is 25.3. The fourth-order valence-corrected chi connectivity index (χ4v) is 20.5. The van der Waals surface area contributed by atoms with E-state index in [-0.39, 0.29) is 103 Å². The number of nitrogen functional groups attached to an aromatic ring is 1. The molecule has 522 valence electrons. The van der Waals surface area contributed by atoms with Gasteiger partial charge in [0.2, 0.25) is 17.5 Å². The lowest BCUT2D eigenvalue weighted by molar-refractivity contribution is -0.234. The molecule has 1 aromatic carbocycles. The lowest BCUT2D eigenvalue weighted by atomic mass is 9.43. The minimum Gasteiger partial charge on any atom is -0.457 e. The number of hydrogen-bond acceptors (Lipinski definition) is 18.